The van der Waals surface area contributed by atoms with Crippen LogP contribution in [-0.2, 0) is 31.3 Å². The number of rotatable bonds is 3. The fraction of sp³-hybridized carbons (Fsp3) is 0.632. The average Bonchev–Trinajstić information content (AvgIpc) is 2.91. The van der Waals surface area contributed by atoms with E-state index in [2.05, 4.69) is 39.9 Å². The summed E-state index contributed by atoms with van der Waals surface area (Å²) in [6, 6.07) is 0. The molecule has 1 saturated heterocycles. The van der Waals surface area contributed by atoms with Crippen molar-refractivity contribution in [1.29, 1.82) is 0 Å². The molecule has 0 aromatic carbocycles. The van der Waals surface area contributed by atoms with Crippen LogP contribution in [0.3, 0.4) is 0 Å². The second-order valence-electron chi connectivity index (χ2n) is 7.85. The summed E-state index contributed by atoms with van der Waals surface area (Å²) in [5.41, 5.74) is 4.00. The maximum Gasteiger partial charge on any atom is 0.255 e. The quantitative estimate of drug-likeness (QED) is 0.865. The molecule has 2 aliphatic heterocycles. The van der Waals surface area contributed by atoms with Gasteiger partial charge in [-0.15, -0.1) is 0 Å². The van der Waals surface area contributed by atoms with Crippen molar-refractivity contribution in [2.75, 3.05) is 24.5 Å². The van der Waals surface area contributed by atoms with Crippen LogP contribution in [0.15, 0.2) is 11.0 Å². The first-order chi connectivity index (χ1) is 12.9. The van der Waals surface area contributed by atoms with Crippen molar-refractivity contribution in [3.8, 4) is 0 Å². The maximum absolute atomic E-state index is 12.6. The van der Waals surface area contributed by atoms with E-state index in [-0.39, 0.29) is 17.8 Å². The molecule has 1 fully saturated rings. The van der Waals surface area contributed by atoms with Gasteiger partial charge >= 0.3 is 0 Å². The molecule has 2 atom stereocenters. The van der Waals surface area contributed by atoms with E-state index in [0.29, 0.717) is 12.5 Å². The predicted molar refractivity (Wildman–Crippen MR) is 103 cm³/mol. The van der Waals surface area contributed by atoms with Crippen molar-refractivity contribution in [2.24, 2.45) is 7.05 Å². The summed E-state index contributed by atoms with van der Waals surface area (Å²) in [7, 11) is 1.94. The van der Waals surface area contributed by atoms with Crippen LogP contribution in [0.25, 0.3) is 0 Å². The molecule has 4 heterocycles. The van der Waals surface area contributed by atoms with Crippen molar-refractivity contribution in [1.82, 2.24) is 24.6 Å². The number of ether oxygens (including phenoxy) is 1. The lowest BCUT2D eigenvalue weighted by Crippen LogP contribution is -2.47. The van der Waals surface area contributed by atoms with E-state index in [4.69, 9.17) is 9.72 Å². The lowest BCUT2D eigenvalue weighted by Gasteiger charge is -2.36. The van der Waals surface area contributed by atoms with Gasteiger partial charge in [0, 0.05) is 57.1 Å². The van der Waals surface area contributed by atoms with Crippen LogP contribution < -0.4 is 10.5 Å². The number of aromatic nitrogens is 4. The molecule has 0 amide bonds. The number of nitrogens with one attached hydrogen (secondary N) is 1. The van der Waals surface area contributed by atoms with Gasteiger partial charge in [-0.2, -0.15) is 5.10 Å². The summed E-state index contributed by atoms with van der Waals surface area (Å²) in [4.78, 5) is 24.9. The molecular formula is C19H28N6O2. The number of fused-ring (bicyclic) bond motifs is 1. The van der Waals surface area contributed by atoms with E-state index < -0.39 is 0 Å². The van der Waals surface area contributed by atoms with Crippen LogP contribution in [0, 0.1) is 6.92 Å². The van der Waals surface area contributed by atoms with Gasteiger partial charge in [0.25, 0.3) is 5.56 Å². The van der Waals surface area contributed by atoms with Crippen molar-refractivity contribution in [3.63, 3.8) is 0 Å². The van der Waals surface area contributed by atoms with Crippen molar-refractivity contribution in [2.45, 2.75) is 52.5 Å². The minimum absolute atomic E-state index is 0.000920. The van der Waals surface area contributed by atoms with Crippen LogP contribution in [0.5, 0.6) is 0 Å². The number of hydrogen-bond donors (Lipinski definition) is 1. The van der Waals surface area contributed by atoms with Gasteiger partial charge in [0.2, 0.25) is 5.95 Å². The first-order valence-corrected chi connectivity index (χ1v) is 9.63. The number of aromatic amines is 1. The van der Waals surface area contributed by atoms with Gasteiger partial charge in [-0.05, 0) is 27.2 Å². The summed E-state index contributed by atoms with van der Waals surface area (Å²) in [6.45, 7) is 10.0. The number of anilines is 1. The Morgan fingerprint density at radius 2 is 2.04 bits per heavy atom. The molecule has 27 heavy (non-hydrogen) atoms. The van der Waals surface area contributed by atoms with E-state index >= 15 is 0 Å². The van der Waals surface area contributed by atoms with Crippen LogP contribution >= 0.6 is 0 Å². The maximum atomic E-state index is 12.6. The minimum atomic E-state index is -0.000920. The normalized spacial score (nSPS) is 23.5. The van der Waals surface area contributed by atoms with E-state index in [1.165, 1.54) is 5.56 Å². The molecule has 0 bridgehead atoms. The highest BCUT2D eigenvalue weighted by Gasteiger charge is 2.27. The molecule has 2 aromatic rings. The van der Waals surface area contributed by atoms with E-state index in [1.807, 2.05) is 18.7 Å². The molecular weight excluding hydrogens is 344 g/mol. The van der Waals surface area contributed by atoms with Crippen LogP contribution in [-0.4, -0.2) is 56.5 Å². The zero-order chi connectivity index (χ0) is 19.1. The van der Waals surface area contributed by atoms with Crippen molar-refractivity contribution < 1.29 is 4.74 Å². The predicted octanol–water partition coefficient (Wildman–Crippen LogP) is 0.984. The lowest BCUT2D eigenvalue weighted by atomic mass is 10.1. The topological polar surface area (TPSA) is 79.3 Å². The monoisotopic (exact) mass is 372 g/mol. The molecule has 0 radical (unpaired) electrons. The Morgan fingerprint density at radius 1 is 1.30 bits per heavy atom. The van der Waals surface area contributed by atoms with Gasteiger partial charge in [0.05, 0.1) is 23.6 Å². The third-order valence-electron chi connectivity index (χ3n) is 5.37. The molecule has 0 unspecified atom stereocenters. The lowest BCUT2D eigenvalue weighted by molar-refractivity contribution is -0.00576. The zero-order valence-corrected chi connectivity index (χ0v) is 16.5. The molecule has 1 N–H and O–H groups in total. The van der Waals surface area contributed by atoms with Gasteiger partial charge in [-0.1, -0.05) is 0 Å². The number of hydrogen-bond acceptors (Lipinski definition) is 6. The first kappa shape index (κ1) is 18.2. The Hall–Kier alpha value is -2.19. The second-order valence-corrected chi connectivity index (χ2v) is 7.85. The van der Waals surface area contributed by atoms with E-state index in [1.54, 1.807) is 0 Å². The third kappa shape index (κ3) is 3.77. The fourth-order valence-electron chi connectivity index (χ4n) is 4.16. The van der Waals surface area contributed by atoms with Crippen LogP contribution in [0.1, 0.15) is 36.4 Å². The number of aryl methyl sites for hydroxylation is 2. The van der Waals surface area contributed by atoms with Crippen LogP contribution in [0.4, 0.5) is 5.95 Å². The summed E-state index contributed by atoms with van der Waals surface area (Å²) >= 11 is 0. The Morgan fingerprint density at radius 3 is 2.70 bits per heavy atom. The summed E-state index contributed by atoms with van der Waals surface area (Å²) < 4.78 is 7.65. The zero-order valence-electron chi connectivity index (χ0n) is 16.5. The van der Waals surface area contributed by atoms with Crippen LogP contribution in [0.2, 0.25) is 0 Å². The highest BCUT2D eigenvalue weighted by molar-refractivity contribution is 5.35. The molecule has 146 valence electrons. The smallest absolute Gasteiger partial charge is 0.255 e. The highest BCUT2D eigenvalue weighted by atomic mass is 16.5. The van der Waals surface area contributed by atoms with Gasteiger partial charge < -0.3 is 9.64 Å². The van der Waals surface area contributed by atoms with Crippen molar-refractivity contribution in [3.05, 3.63) is 39.1 Å². The standard InChI is InChI=1S/C19H28N6O2/c1-12-7-25(8-13(2)27-12)19-20-17-11-24(6-5-16(17)18(26)21-19)10-15-9-23(4)22-14(15)3/h9,12-13H,5-8,10-11H2,1-4H3,(H,20,21,26)/t12-,13+. The largest absolute Gasteiger partial charge is 0.372 e. The average molecular weight is 372 g/mol. The molecule has 8 heteroatoms. The molecule has 0 saturated carbocycles. The van der Waals surface area contributed by atoms with Gasteiger partial charge in [-0.25, -0.2) is 4.98 Å². The first-order valence-electron chi connectivity index (χ1n) is 9.63. The van der Waals surface area contributed by atoms with Gasteiger partial charge in [0.15, 0.2) is 0 Å². The number of nitrogens with zero attached hydrogens (tertiary/aromatic N) is 5. The molecule has 8 nitrogen and oxygen atoms in total. The summed E-state index contributed by atoms with van der Waals surface area (Å²) in [6.07, 6.45) is 3.05. The number of H-pyrrole nitrogens is 1. The Kier molecular flexibility index (Phi) is 4.77. The SMILES string of the molecule is Cc1nn(C)cc1CN1CCc2c(nc(N3C[C@@H](C)O[C@@H](C)C3)[nH]c2=O)C1. The summed E-state index contributed by atoms with van der Waals surface area (Å²) in [5, 5.41) is 4.43. The molecule has 4 rings (SSSR count). The van der Waals surface area contributed by atoms with Crippen molar-refractivity contribution >= 4 is 5.95 Å². The van der Waals surface area contributed by atoms with E-state index in [9.17, 15) is 4.79 Å². The van der Waals surface area contributed by atoms with Gasteiger partial charge in [-0.3, -0.25) is 19.4 Å². The minimum Gasteiger partial charge on any atom is -0.372 e. The summed E-state index contributed by atoms with van der Waals surface area (Å²) in [5.74, 6) is 0.667. The van der Waals surface area contributed by atoms with E-state index in [0.717, 1.165) is 49.6 Å². The van der Waals surface area contributed by atoms with Gasteiger partial charge in [0.1, 0.15) is 0 Å². The molecule has 2 aliphatic rings. The second kappa shape index (κ2) is 7.09. The molecule has 0 aliphatic carbocycles. The third-order valence-corrected chi connectivity index (χ3v) is 5.37. The number of morpholine rings is 1. The highest BCUT2D eigenvalue weighted by Crippen LogP contribution is 2.21. The Balaban J connectivity index is 1.56. The fourth-order valence-corrected chi connectivity index (χ4v) is 4.16. The Bertz CT molecular complexity index is 879. The Labute approximate surface area is 159 Å². The molecule has 0 spiro atoms. The molecule has 2 aromatic heterocycles.